The molecule has 0 aromatic rings. The third kappa shape index (κ3) is 11.6. The minimum atomic E-state index is -0.250. The van der Waals surface area contributed by atoms with Crippen molar-refractivity contribution in [1.29, 1.82) is 0 Å². The van der Waals surface area contributed by atoms with Gasteiger partial charge in [-0.2, -0.15) is 0 Å². The SMILES string of the molecule is O=[P+]=S.[H-].[Li+]. The summed E-state index contributed by atoms with van der Waals surface area (Å²) >= 11 is 3.81. The summed E-state index contributed by atoms with van der Waals surface area (Å²) < 4.78 is 8.72. The first-order valence-corrected chi connectivity index (χ1v) is 2.19. The molecule has 0 amide bonds. The molecule has 0 aliphatic carbocycles. The molecule has 0 aromatic heterocycles. The van der Waals surface area contributed by atoms with E-state index in [1.807, 2.05) is 0 Å². The van der Waals surface area contributed by atoms with Crippen molar-refractivity contribution in [2.75, 3.05) is 0 Å². The Morgan fingerprint density at radius 1 is 2.00 bits per heavy atom. The van der Waals surface area contributed by atoms with Gasteiger partial charge in [-0.3, -0.25) is 0 Å². The van der Waals surface area contributed by atoms with Crippen LogP contribution < -0.4 is 18.9 Å². The number of hydrogen-bond acceptors (Lipinski definition) is 2. The van der Waals surface area contributed by atoms with Crippen LogP contribution >= 0.6 is 7.24 Å². The molecular weight excluding hydrogens is 86.0 g/mol. The second kappa shape index (κ2) is 8.97. The van der Waals surface area contributed by atoms with Gasteiger partial charge in [0.25, 0.3) is 0 Å². The summed E-state index contributed by atoms with van der Waals surface area (Å²) in [6, 6.07) is 0. The molecule has 0 N–H and O–H groups in total. The molecule has 18 valence electrons. The number of rotatable bonds is 0. The molecule has 1 nitrogen and oxygen atoms in total. The van der Waals surface area contributed by atoms with E-state index in [1.54, 1.807) is 0 Å². The molecule has 0 aromatic carbocycles. The van der Waals surface area contributed by atoms with Crippen LogP contribution in [0.5, 0.6) is 0 Å². The van der Waals surface area contributed by atoms with Gasteiger partial charge in [-0.25, -0.2) is 0 Å². The van der Waals surface area contributed by atoms with E-state index < -0.39 is 0 Å². The summed E-state index contributed by atoms with van der Waals surface area (Å²) in [5.74, 6) is 0. The first-order valence-electron chi connectivity index (χ1n) is 0.365. The molecular formula is HLiOPS+. The summed E-state index contributed by atoms with van der Waals surface area (Å²) in [5.41, 5.74) is 0. The van der Waals surface area contributed by atoms with Crippen molar-refractivity contribution in [2.24, 2.45) is 0 Å². The van der Waals surface area contributed by atoms with Crippen molar-refractivity contribution < 1.29 is 24.9 Å². The van der Waals surface area contributed by atoms with Crippen molar-refractivity contribution in [3.63, 3.8) is 0 Å². The molecule has 0 atom stereocenters. The summed E-state index contributed by atoms with van der Waals surface area (Å²) in [7, 11) is -0.250. The zero-order valence-electron chi connectivity index (χ0n) is 3.26. The molecule has 0 bridgehead atoms. The molecule has 0 radical (unpaired) electrons. The Morgan fingerprint density at radius 3 is 2.00 bits per heavy atom. The van der Waals surface area contributed by atoms with Crippen LogP contribution in [0.25, 0.3) is 0 Å². The smallest absolute Gasteiger partial charge is 1.00 e. The normalized spacial score (nSPS) is 3.00. The van der Waals surface area contributed by atoms with E-state index in [9.17, 15) is 0 Å². The summed E-state index contributed by atoms with van der Waals surface area (Å²) in [6.45, 7) is 0. The van der Waals surface area contributed by atoms with Crippen molar-refractivity contribution in [1.82, 2.24) is 0 Å². The second-order valence-electron chi connectivity index (χ2n) is 0.0745. The molecule has 0 saturated carbocycles. The van der Waals surface area contributed by atoms with Crippen molar-refractivity contribution in [3.8, 4) is 0 Å². The molecule has 4 heteroatoms. The molecule has 0 spiro atoms. The standard InChI is InChI=1S/Li.OPS.H/c;1-2-3;/q2*+1;-1. The topological polar surface area (TPSA) is 17.1 Å². The van der Waals surface area contributed by atoms with Crippen LogP contribution in [0.4, 0.5) is 0 Å². The van der Waals surface area contributed by atoms with E-state index in [-0.39, 0.29) is 27.5 Å². The fourth-order valence-electron chi connectivity index (χ4n) is 0. The van der Waals surface area contributed by atoms with Gasteiger partial charge in [0.05, 0.1) is 0 Å². The quantitative estimate of drug-likeness (QED) is 0.247. The average molecular weight is 87.0 g/mol. The summed E-state index contributed by atoms with van der Waals surface area (Å²) in [5, 5.41) is 0. The Hall–Kier alpha value is 1.05. The summed E-state index contributed by atoms with van der Waals surface area (Å²) in [6.07, 6.45) is 0. The first-order chi connectivity index (χ1) is 1.41. The van der Waals surface area contributed by atoms with Crippen LogP contribution in [0.2, 0.25) is 0 Å². The maximum absolute atomic E-state index is 8.72. The molecule has 4 heavy (non-hydrogen) atoms. The molecule has 0 fully saturated rings. The van der Waals surface area contributed by atoms with Gasteiger partial charge in [0.1, 0.15) is 0 Å². The predicted octanol–water partition coefficient (Wildman–Crippen LogP) is -2.14. The molecule has 0 heterocycles. The fourth-order valence-corrected chi connectivity index (χ4v) is 0. The number of hydrogen-bond donors (Lipinski definition) is 0. The van der Waals surface area contributed by atoms with Crippen LogP contribution in [0, 0.1) is 0 Å². The zero-order chi connectivity index (χ0) is 2.71. The Labute approximate surface area is 44.3 Å². The maximum atomic E-state index is 8.72. The van der Waals surface area contributed by atoms with Gasteiger partial charge in [0.2, 0.25) is 0 Å². The third-order valence-corrected chi connectivity index (χ3v) is 0. The van der Waals surface area contributed by atoms with Crippen LogP contribution in [0.1, 0.15) is 1.43 Å². The van der Waals surface area contributed by atoms with Gasteiger partial charge in [0, 0.05) is 0 Å². The van der Waals surface area contributed by atoms with Gasteiger partial charge in [-0.15, -0.1) is 0 Å². The van der Waals surface area contributed by atoms with Gasteiger partial charge >= 0.3 is 42.5 Å². The van der Waals surface area contributed by atoms with Crippen LogP contribution in [0.15, 0.2) is 0 Å². The molecule has 0 aliphatic heterocycles. The predicted molar refractivity (Wildman–Crippen MR) is 16.1 cm³/mol. The van der Waals surface area contributed by atoms with E-state index in [4.69, 9.17) is 4.57 Å². The zero-order valence-corrected chi connectivity index (χ0v) is 3.97. The molecule has 0 rings (SSSR count). The molecule has 0 saturated heterocycles. The van der Waals surface area contributed by atoms with Gasteiger partial charge in [0.15, 0.2) is 0 Å². The molecule has 0 unspecified atom stereocenters. The van der Waals surface area contributed by atoms with E-state index in [0.29, 0.717) is 0 Å². The Morgan fingerprint density at radius 2 is 2.00 bits per heavy atom. The first kappa shape index (κ1) is 8.90. The van der Waals surface area contributed by atoms with Gasteiger partial charge < -0.3 is 1.43 Å². The van der Waals surface area contributed by atoms with E-state index in [2.05, 4.69) is 11.8 Å². The minimum Gasteiger partial charge on any atom is -1.00 e. The minimum absolute atomic E-state index is 0. The largest absolute Gasteiger partial charge is 1.00 e. The van der Waals surface area contributed by atoms with Crippen molar-refractivity contribution in [2.45, 2.75) is 0 Å². The Kier molecular flexibility index (Phi) is 20.0. The average Bonchev–Trinajstić information content (AvgIpc) is 0.918. The maximum Gasteiger partial charge on any atom is 1.00 e. The third-order valence-electron chi connectivity index (χ3n) is 0. The van der Waals surface area contributed by atoms with Gasteiger partial charge in [-0.05, 0) is 0 Å². The second-order valence-corrected chi connectivity index (χ2v) is 0.671. The van der Waals surface area contributed by atoms with Crippen molar-refractivity contribution >= 4 is 19.0 Å². The van der Waals surface area contributed by atoms with Crippen LogP contribution in [-0.2, 0) is 16.4 Å². The van der Waals surface area contributed by atoms with Gasteiger partial charge in [-0.1, -0.05) is 0 Å². The van der Waals surface area contributed by atoms with E-state index in [1.165, 1.54) is 0 Å². The van der Waals surface area contributed by atoms with E-state index >= 15 is 0 Å². The van der Waals surface area contributed by atoms with Crippen LogP contribution in [0.3, 0.4) is 0 Å². The summed E-state index contributed by atoms with van der Waals surface area (Å²) in [4.78, 5) is 0. The van der Waals surface area contributed by atoms with Crippen molar-refractivity contribution in [3.05, 3.63) is 0 Å². The Balaban J connectivity index is -0.0000000200. The Bertz CT molecular complexity index is 32.6. The van der Waals surface area contributed by atoms with Crippen LogP contribution in [-0.4, -0.2) is 0 Å². The molecule has 0 aliphatic rings. The monoisotopic (exact) mass is 87.0 g/mol. The van der Waals surface area contributed by atoms with E-state index in [0.717, 1.165) is 0 Å². The fraction of sp³-hybridized carbons (Fsp3) is 0.